The molecular weight excluding hydrogens is 358 g/mol. The van der Waals surface area contributed by atoms with Crippen LogP contribution in [0.25, 0.3) is 11.3 Å². The largest absolute Gasteiger partial charge is 0.478 e. The van der Waals surface area contributed by atoms with Gasteiger partial charge in [-0.3, -0.25) is 4.98 Å². The second-order valence-electron chi connectivity index (χ2n) is 8.32. The van der Waals surface area contributed by atoms with Crippen LogP contribution in [-0.2, 0) is 11.2 Å². The zero-order valence-electron chi connectivity index (χ0n) is 17.5. The summed E-state index contributed by atoms with van der Waals surface area (Å²) >= 11 is 0. The molecule has 1 saturated carbocycles. The molecule has 3 nitrogen and oxygen atoms in total. The van der Waals surface area contributed by atoms with Gasteiger partial charge in [0.2, 0.25) is 0 Å². The normalized spacial score (nSPS) is 19.5. The summed E-state index contributed by atoms with van der Waals surface area (Å²) in [6.45, 7) is 2.23. The summed E-state index contributed by atoms with van der Waals surface area (Å²) in [5.41, 5.74) is 4.98. The number of pyridine rings is 1. The van der Waals surface area contributed by atoms with E-state index in [0.717, 1.165) is 18.5 Å². The molecule has 3 heteroatoms. The van der Waals surface area contributed by atoms with Gasteiger partial charge in [0.25, 0.3) is 0 Å². The van der Waals surface area contributed by atoms with Gasteiger partial charge in [-0.25, -0.2) is 4.79 Å². The number of aliphatic carboxylic acids is 1. The van der Waals surface area contributed by atoms with Crippen LogP contribution in [-0.4, -0.2) is 16.1 Å². The van der Waals surface area contributed by atoms with E-state index in [1.54, 1.807) is 0 Å². The number of benzene rings is 1. The van der Waals surface area contributed by atoms with E-state index in [4.69, 9.17) is 5.11 Å². The molecule has 29 heavy (non-hydrogen) atoms. The molecule has 0 radical (unpaired) electrons. The van der Waals surface area contributed by atoms with E-state index in [1.165, 1.54) is 67.7 Å². The molecule has 1 aromatic heterocycles. The second-order valence-corrected chi connectivity index (χ2v) is 8.32. The number of allylic oxidation sites excluding steroid dienone is 1. The predicted octanol–water partition coefficient (Wildman–Crippen LogP) is 6.79. The number of hydrogen-bond donors (Lipinski definition) is 1. The molecule has 3 rings (SSSR count). The molecule has 1 fully saturated rings. The Hall–Kier alpha value is -2.42. The zero-order valence-corrected chi connectivity index (χ0v) is 17.5. The van der Waals surface area contributed by atoms with Crippen molar-refractivity contribution in [1.29, 1.82) is 0 Å². The van der Waals surface area contributed by atoms with Crippen LogP contribution in [0.15, 0.2) is 54.7 Å². The summed E-state index contributed by atoms with van der Waals surface area (Å²) in [4.78, 5) is 15.3. The summed E-state index contributed by atoms with van der Waals surface area (Å²) in [6.07, 6.45) is 15.6. The molecule has 0 saturated heterocycles. The minimum Gasteiger partial charge on any atom is -0.478 e. The van der Waals surface area contributed by atoms with Crippen molar-refractivity contribution in [1.82, 2.24) is 4.98 Å². The summed E-state index contributed by atoms with van der Waals surface area (Å²) in [5.74, 6) is 0.401. The molecule has 1 heterocycles. The van der Waals surface area contributed by atoms with Crippen LogP contribution < -0.4 is 0 Å². The van der Waals surface area contributed by atoms with Gasteiger partial charge in [0, 0.05) is 17.8 Å². The molecule has 1 aromatic carbocycles. The number of rotatable bonds is 9. The fourth-order valence-corrected chi connectivity index (χ4v) is 4.34. The topological polar surface area (TPSA) is 50.2 Å². The summed E-state index contributed by atoms with van der Waals surface area (Å²) in [7, 11) is 0. The van der Waals surface area contributed by atoms with Crippen LogP contribution in [0.1, 0.15) is 75.3 Å². The number of unbranched alkanes of at least 4 members (excludes halogenated alkanes) is 2. The van der Waals surface area contributed by atoms with Crippen molar-refractivity contribution in [2.45, 2.75) is 70.6 Å². The highest BCUT2D eigenvalue weighted by Gasteiger charge is 2.21. The van der Waals surface area contributed by atoms with Gasteiger partial charge in [-0.2, -0.15) is 0 Å². The Bertz CT molecular complexity index is 784. The monoisotopic (exact) mass is 391 g/mol. The van der Waals surface area contributed by atoms with Gasteiger partial charge in [-0.05, 0) is 74.0 Å². The van der Waals surface area contributed by atoms with Crippen LogP contribution in [0.3, 0.4) is 0 Å². The van der Waals surface area contributed by atoms with Crippen molar-refractivity contribution in [2.24, 2.45) is 5.92 Å². The SMILES string of the molecule is CCCCCc1ccc(-c2ccc(C3CCC(C/C=C/C(=O)O)CC3)cc2)nc1. The van der Waals surface area contributed by atoms with E-state index in [9.17, 15) is 4.79 Å². The Morgan fingerprint density at radius 1 is 1.07 bits per heavy atom. The molecule has 0 spiro atoms. The fourth-order valence-electron chi connectivity index (χ4n) is 4.34. The average molecular weight is 392 g/mol. The van der Waals surface area contributed by atoms with Crippen LogP contribution >= 0.6 is 0 Å². The smallest absolute Gasteiger partial charge is 0.327 e. The lowest BCUT2D eigenvalue weighted by Crippen LogP contribution is -2.12. The van der Waals surface area contributed by atoms with Gasteiger partial charge >= 0.3 is 5.97 Å². The van der Waals surface area contributed by atoms with Crippen molar-refractivity contribution in [3.05, 3.63) is 65.9 Å². The first-order valence-corrected chi connectivity index (χ1v) is 11.1. The van der Waals surface area contributed by atoms with Gasteiger partial charge in [0.1, 0.15) is 0 Å². The number of aryl methyl sites for hydroxylation is 1. The average Bonchev–Trinajstić information content (AvgIpc) is 2.75. The highest BCUT2D eigenvalue weighted by atomic mass is 16.4. The third kappa shape index (κ3) is 6.56. The standard InChI is InChI=1S/C26H33NO2/c1-2-3-4-6-21-11-18-25(27-19-21)24-16-14-23(15-17-24)22-12-9-20(10-13-22)7-5-8-26(28)29/h5,8,11,14-20,22H,2-4,6-7,9-10,12-13H2,1H3,(H,28,29)/b8-5+. The van der Waals surface area contributed by atoms with E-state index < -0.39 is 5.97 Å². The first-order valence-electron chi connectivity index (χ1n) is 11.1. The van der Waals surface area contributed by atoms with E-state index in [1.807, 2.05) is 12.3 Å². The molecule has 1 aliphatic rings. The van der Waals surface area contributed by atoms with Crippen LogP contribution in [0.4, 0.5) is 0 Å². The number of nitrogens with zero attached hydrogens (tertiary/aromatic N) is 1. The van der Waals surface area contributed by atoms with Gasteiger partial charge in [0.05, 0.1) is 5.69 Å². The maximum atomic E-state index is 10.6. The first kappa shape index (κ1) is 21.3. The van der Waals surface area contributed by atoms with Gasteiger partial charge < -0.3 is 5.11 Å². The molecule has 154 valence electrons. The summed E-state index contributed by atoms with van der Waals surface area (Å²) < 4.78 is 0. The van der Waals surface area contributed by atoms with Gasteiger partial charge in [-0.15, -0.1) is 0 Å². The molecule has 2 aromatic rings. The van der Waals surface area contributed by atoms with Gasteiger partial charge in [0.15, 0.2) is 0 Å². The maximum Gasteiger partial charge on any atom is 0.327 e. The fraction of sp³-hybridized carbons (Fsp3) is 0.462. The van der Waals surface area contributed by atoms with Gasteiger partial charge in [-0.1, -0.05) is 56.2 Å². The van der Waals surface area contributed by atoms with Crippen molar-refractivity contribution in [2.75, 3.05) is 0 Å². The zero-order chi connectivity index (χ0) is 20.5. The van der Waals surface area contributed by atoms with Crippen LogP contribution in [0, 0.1) is 5.92 Å². The van der Waals surface area contributed by atoms with E-state index in [2.05, 4.69) is 48.3 Å². The first-order chi connectivity index (χ1) is 14.2. The summed E-state index contributed by atoms with van der Waals surface area (Å²) in [6, 6.07) is 13.3. The molecule has 1 aliphatic carbocycles. The lowest BCUT2D eigenvalue weighted by Gasteiger charge is -2.28. The number of carbonyl (C=O) groups is 1. The summed E-state index contributed by atoms with van der Waals surface area (Å²) in [5, 5.41) is 8.70. The Morgan fingerprint density at radius 3 is 2.45 bits per heavy atom. The van der Waals surface area contributed by atoms with Crippen molar-refractivity contribution < 1.29 is 9.90 Å². The quantitative estimate of drug-likeness (QED) is 0.378. The third-order valence-electron chi connectivity index (χ3n) is 6.15. The number of carboxylic acids is 1. The predicted molar refractivity (Wildman–Crippen MR) is 119 cm³/mol. The number of carboxylic acid groups (broad SMARTS) is 1. The lowest BCUT2D eigenvalue weighted by atomic mass is 9.77. The Kier molecular flexibility index (Phi) is 8.03. The number of hydrogen-bond acceptors (Lipinski definition) is 2. The number of aromatic nitrogens is 1. The van der Waals surface area contributed by atoms with Crippen LogP contribution in [0.5, 0.6) is 0 Å². The van der Waals surface area contributed by atoms with E-state index in [0.29, 0.717) is 11.8 Å². The minimum absolute atomic E-state index is 0.623. The highest BCUT2D eigenvalue weighted by Crippen LogP contribution is 2.37. The molecule has 0 amide bonds. The second kappa shape index (κ2) is 10.9. The third-order valence-corrected chi connectivity index (χ3v) is 6.15. The van der Waals surface area contributed by atoms with E-state index >= 15 is 0 Å². The lowest BCUT2D eigenvalue weighted by molar-refractivity contribution is -0.131. The molecule has 0 unspecified atom stereocenters. The van der Waals surface area contributed by atoms with Crippen molar-refractivity contribution in [3.8, 4) is 11.3 Å². The minimum atomic E-state index is -0.848. The molecule has 0 aliphatic heterocycles. The molecule has 0 bridgehead atoms. The maximum absolute atomic E-state index is 10.6. The van der Waals surface area contributed by atoms with Crippen molar-refractivity contribution in [3.63, 3.8) is 0 Å². The molecule has 1 N–H and O–H groups in total. The Labute approximate surface area is 174 Å². The Balaban J connectivity index is 1.52. The van der Waals surface area contributed by atoms with Crippen LogP contribution in [0.2, 0.25) is 0 Å². The van der Waals surface area contributed by atoms with E-state index in [-0.39, 0.29) is 0 Å². The Morgan fingerprint density at radius 2 is 1.83 bits per heavy atom. The highest BCUT2D eigenvalue weighted by molar-refractivity contribution is 5.79. The molecular formula is C26H33NO2. The van der Waals surface area contributed by atoms with Crippen molar-refractivity contribution >= 4 is 5.97 Å². The molecule has 0 atom stereocenters.